The molecule has 0 unspecified atom stereocenters. The maximum atomic E-state index is 13.6. The quantitative estimate of drug-likeness (QED) is 0.810. The van der Waals surface area contributed by atoms with Crippen LogP contribution in [0.1, 0.15) is 47.1 Å². The average Bonchev–Trinajstić information content (AvgIpc) is 2.51. The van der Waals surface area contributed by atoms with Crippen molar-refractivity contribution in [3.05, 3.63) is 70.0 Å². The van der Waals surface area contributed by atoms with Crippen molar-refractivity contribution in [2.24, 2.45) is 0 Å². The van der Waals surface area contributed by atoms with Crippen molar-refractivity contribution in [2.45, 2.75) is 26.2 Å². The van der Waals surface area contributed by atoms with Gasteiger partial charge in [0, 0.05) is 10.6 Å². The van der Waals surface area contributed by atoms with Crippen LogP contribution in [0.5, 0.6) is 0 Å². The number of carbonyl (C=O) groups excluding carboxylic acids is 2. The number of halogens is 2. The first kappa shape index (κ1) is 17.9. The highest BCUT2D eigenvalue weighted by Gasteiger charge is 2.16. The van der Waals surface area contributed by atoms with Crippen molar-refractivity contribution < 1.29 is 14.0 Å². The number of hydrazine groups is 1. The second-order valence-corrected chi connectivity index (χ2v) is 6.80. The Kier molecular flexibility index (Phi) is 5.24. The Morgan fingerprint density at radius 3 is 2.08 bits per heavy atom. The highest BCUT2D eigenvalue weighted by atomic mass is 35.5. The molecule has 0 radical (unpaired) electrons. The minimum absolute atomic E-state index is 0.0185. The molecule has 2 amide bonds. The van der Waals surface area contributed by atoms with Crippen LogP contribution in [0.2, 0.25) is 5.02 Å². The minimum Gasteiger partial charge on any atom is -0.267 e. The third-order valence-electron chi connectivity index (χ3n) is 3.48. The van der Waals surface area contributed by atoms with E-state index in [-0.39, 0.29) is 16.0 Å². The first-order valence-corrected chi connectivity index (χ1v) is 7.72. The Hall–Kier alpha value is -2.40. The molecule has 2 aromatic rings. The molecule has 0 aromatic heterocycles. The lowest BCUT2D eigenvalue weighted by Gasteiger charge is -2.19. The number of hydrogen-bond acceptors (Lipinski definition) is 2. The zero-order chi connectivity index (χ0) is 17.9. The Morgan fingerprint density at radius 1 is 0.958 bits per heavy atom. The second kappa shape index (κ2) is 7.01. The molecule has 2 N–H and O–H groups in total. The normalized spacial score (nSPS) is 11.0. The summed E-state index contributed by atoms with van der Waals surface area (Å²) >= 11 is 5.63. The molecule has 0 heterocycles. The van der Waals surface area contributed by atoms with Crippen LogP contribution in [0, 0.1) is 5.82 Å². The number of carbonyl (C=O) groups is 2. The van der Waals surface area contributed by atoms with E-state index >= 15 is 0 Å². The summed E-state index contributed by atoms with van der Waals surface area (Å²) in [4.78, 5) is 23.9. The van der Waals surface area contributed by atoms with Crippen LogP contribution in [0.4, 0.5) is 4.39 Å². The topological polar surface area (TPSA) is 58.2 Å². The SMILES string of the molecule is CC(C)(C)c1ccc(C(=O)NNC(=O)c2ccc(Cl)cc2F)cc1. The van der Waals surface area contributed by atoms with Crippen LogP contribution >= 0.6 is 11.6 Å². The summed E-state index contributed by atoms with van der Waals surface area (Å²) in [5, 5.41) is 0.187. The molecule has 2 aromatic carbocycles. The van der Waals surface area contributed by atoms with Crippen molar-refractivity contribution in [1.29, 1.82) is 0 Å². The third-order valence-corrected chi connectivity index (χ3v) is 3.71. The molecular formula is C18H18ClFN2O2. The fourth-order valence-corrected chi connectivity index (χ4v) is 2.21. The van der Waals surface area contributed by atoms with E-state index in [4.69, 9.17) is 11.6 Å². The van der Waals surface area contributed by atoms with E-state index in [9.17, 15) is 14.0 Å². The average molecular weight is 349 g/mol. The van der Waals surface area contributed by atoms with E-state index in [1.807, 2.05) is 12.1 Å². The van der Waals surface area contributed by atoms with Gasteiger partial charge in [0.2, 0.25) is 0 Å². The summed E-state index contributed by atoms with van der Waals surface area (Å²) in [5.74, 6) is -2.01. The molecule has 6 heteroatoms. The second-order valence-electron chi connectivity index (χ2n) is 6.36. The highest BCUT2D eigenvalue weighted by Crippen LogP contribution is 2.22. The predicted molar refractivity (Wildman–Crippen MR) is 91.5 cm³/mol. The van der Waals surface area contributed by atoms with Gasteiger partial charge in [-0.05, 0) is 41.3 Å². The lowest BCUT2D eigenvalue weighted by Crippen LogP contribution is -2.42. The van der Waals surface area contributed by atoms with Crippen molar-refractivity contribution in [3.8, 4) is 0 Å². The Bertz CT molecular complexity index is 768. The lowest BCUT2D eigenvalue weighted by molar-refractivity contribution is 0.0844. The summed E-state index contributed by atoms with van der Waals surface area (Å²) in [6.07, 6.45) is 0. The molecule has 0 aliphatic carbocycles. The molecule has 0 aliphatic rings. The van der Waals surface area contributed by atoms with Gasteiger partial charge in [0.05, 0.1) is 5.56 Å². The summed E-state index contributed by atoms with van der Waals surface area (Å²) in [6.45, 7) is 6.22. The maximum Gasteiger partial charge on any atom is 0.272 e. The van der Waals surface area contributed by atoms with Gasteiger partial charge in [-0.25, -0.2) is 4.39 Å². The van der Waals surface area contributed by atoms with Crippen LogP contribution in [-0.4, -0.2) is 11.8 Å². The highest BCUT2D eigenvalue weighted by molar-refractivity contribution is 6.30. The molecule has 0 atom stereocenters. The fourth-order valence-electron chi connectivity index (χ4n) is 2.05. The largest absolute Gasteiger partial charge is 0.272 e. The molecule has 2 rings (SSSR count). The molecule has 0 saturated carbocycles. The van der Waals surface area contributed by atoms with Crippen LogP contribution < -0.4 is 10.9 Å². The van der Waals surface area contributed by atoms with Gasteiger partial charge in [-0.3, -0.25) is 20.4 Å². The minimum atomic E-state index is -0.760. The van der Waals surface area contributed by atoms with Gasteiger partial charge in [0.25, 0.3) is 11.8 Å². The molecule has 4 nitrogen and oxygen atoms in total. The van der Waals surface area contributed by atoms with E-state index < -0.39 is 17.6 Å². The number of hydrogen-bond donors (Lipinski definition) is 2. The molecule has 0 spiro atoms. The molecule has 126 valence electrons. The van der Waals surface area contributed by atoms with Gasteiger partial charge in [-0.2, -0.15) is 0 Å². The van der Waals surface area contributed by atoms with Crippen molar-refractivity contribution in [2.75, 3.05) is 0 Å². The number of rotatable bonds is 2. The summed E-state index contributed by atoms with van der Waals surface area (Å²) < 4.78 is 13.6. The van der Waals surface area contributed by atoms with Crippen LogP contribution in [0.25, 0.3) is 0 Å². The Labute approximate surface area is 145 Å². The summed E-state index contributed by atoms with van der Waals surface area (Å²) in [7, 11) is 0. The van der Waals surface area contributed by atoms with Crippen LogP contribution in [0.3, 0.4) is 0 Å². The third kappa shape index (κ3) is 4.32. The zero-order valence-electron chi connectivity index (χ0n) is 13.6. The zero-order valence-corrected chi connectivity index (χ0v) is 14.4. The molecule has 24 heavy (non-hydrogen) atoms. The van der Waals surface area contributed by atoms with E-state index in [1.54, 1.807) is 12.1 Å². The van der Waals surface area contributed by atoms with Gasteiger partial charge < -0.3 is 0 Å². The van der Waals surface area contributed by atoms with Crippen molar-refractivity contribution in [3.63, 3.8) is 0 Å². The Balaban J connectivity index is 2.01. The number of nitrogens with one attached hydrogen (secondary N) is 2. The van der Waals surface area contributed by atoms with Gasteiger partial charge in [-0.1, -0.05) is 44.5 Å². The molecular weight excluding hydrogens is 331 g/mol. The van der Waals surface area contributed by atoms with Gasteiger partial charge in [0.15, 0.2) is 0 Å². The summed E-state index contributed by atoms with van der Waals surface area (Å²) in [6, 6.07) is 10.7. The van der Waals surface area contributed by atoms with Crippen molar-refractivity contribution in [1.82, 2.24) is 10.9 Å². The number of amides is 2. The van der Waals surface area contributed by atoms with Crippen molar-refractivity contribution >= 4 is 23.4 Å². The molecule has 0 bridgehead atoms. The fraction of sp³-hybridized carbons (Fsp3) is 0.222. The standard InChI is InChI=1S/C18H18ClFN2O2/c1-18(2,3)12-6-4-11(5-7-12)16(23)21-22-17(24)14-9-8-13(19)10-15(14)20/h4-10H,1-3H3,(H,21,23)(H,22,24). The maximum absolute atomic E-state index is 13.6. The lowest BCUT2D eigenvalue weighted by atomic mass is 9.87. The smallest absolute Gasteiger partial charge is 0.267 e. The molecule has 0 aliphatic heterocycles. The van der Waals surface area contributed by atoms with Crippen LogP contribution in [-0.2, 0) is 5.41 Å². The van der Waals surface area contributed by atoms with Gasteiger partial charge in [0.1, 0.15) is 5.82 Å². The number of benzene rings is 2. The van der Waals surface area contributed by atoms with E-state index in [2.05, 4.69) is 31.6 Å². The first-order chi connectivity index (χ1) is 11.2. The Morgan fingerprint density at radius 2 is 1.54 bits per heavy atom. The summed E-state index contributed by atoms with van der Waals surface area (Å²) in [5.41, 5.74) is 5.69. The van der Waals surface area contributed by atoms with Crippen LogP contribution in [0.15, 0.2) is 42.5 Å². The van der Waals surface area contributed by atoms with E-state index in [0.29, 0.717) is 5.56 Å². The molecule has 0 saturated heterocycles. The monoisotopic (exact) mass is 348 g/mol. The predicted octanol–water partition coefficient (Wildman–Crippen LogP) is 3.85. The first-order valence-electron chi connectivity index (χ1n) is 7.35. The van der Waals surface area contributed by atoms with E-state index in [0.717, 1.165) is 11.6 Å². The van der Waals surface area contributed by atoms with E-state index in [1.165, 1.54) is 12.1 Å². The van der Waals surface area contributed by atoms with Gasteiger partial charge >= 0.3 is 0 Å². The van der Waals surface area contributed by atoms with Gasteiger partial charge in [-0.15, -0.1) is 0 Å². The molecule has 0 fully saturated rings.